The molecular formula is C28H42N8O10S2. The predicted octanol–water partition coefficient (Wildman–Crippen LogP) is 2.79. The van der Waals surface area contributed by atoms with E-state index in [0.717, 1.165) is 0 Å². The summed E-state index contributed by atoms with van der Waals surface area (Å²) in [5.41, 5.74) is -4.87. The molecule has 2 aromatic rings. The van der Waals surface area contributed by atoms with Crippen LogP contribution < -0.4 is 21.3 Å². The minimum Gasteiger partial charge on any atom is -0.445 e. The molecule has 48 heavy (non-hydrogen) atoms. The van der Waals surface area contributed by atoms with Crippen molar-refractivity contribution in [2.24, 2.45) is 0 Å². The summed E-state index contributed by atoms with van der Waals surface area (Å²) in [6.07, 6.45) is 2.29. The number of carbonyl (C=O) groups is 4. The van der Waals surface area contributed by atoms with Gasteiger partial charge in [0.05, 0.1) is 35.8 Å². The van der Waals surface area contributed by atoms with E-state index >= 15 is 0 Å². The maximum Gasteiger partial charge on any atom is 0.407 e. The third kappa shape index (κ3) is 13.2. The van der Waals surface area contributed by atoms with E-state index < -0.39 is 34.8 Å². The maximum atomic E-state index is 11.9. The highest BCUT2D eigenvalue weighted by Crippen LogP contribution is 2.39. The Kier molecular flexibility index (Phi) is 15.4. The second-order valence-electron chi connectivity index (χ2n) is 11.6. The van der Waals surface area contributed by atoms with E-state index in [4.69, 9.17) is 28.0 Å². The van der Waals surface area contributed by atoms with Crippen LogP contribution in [-0.2, 0) is 53.1 Å². The smallest absolute Gasteiger partial charge is 0.407 e. The van der Waals surface area contributed by atoms with Crippen molar-refractivity contribution in [3.8, 4) is 0 Å². The molecule has 0 bridgehead atoms. The van der Waals surface area contributed by atoms with Crippen LogP contribution >= 0.6 is 21.6 Å². The van der Waals surface area contributed by atoms with Crippen molar-refractivity contribution in [3.05, 3.63) is 48.7 Å². The van der Waals surface area contributed by atoms with Gasteiger partial charge in [0.25, 0.3) is 11.8 Å². The van der Waals surface area contributed by atoms with Gasteiger partial charge in [0.1, 0.15) is 13.2 Å². The monoisotopic (exact) mass is 714 g/mol. The number of nitrogens with one attached hydrogen (secondary N) is 4. The Morgan fingerprint density at radius 2 is 1.10 bits per heavy atom. The Morgan fingerprint density at radius 1 is 0.729 bits per heavy atom. The molecule has 2 aromatic heterocycles. The first-order valence-electron chi connectivity index (χ1n) is 14.4. The molecular weight excluding hydrogens is 672 g/mol. The highest BCUT2D eigenvalue weighted by atomic mass is 33.1. The van der Waals surface area contributed by atoms with Gasteiger partial charge in [0.2, 0.25) is 24.3 Å². The van der Waals surface area contributed by atoms with Gasteiger partial charge in [0.15, 0.2) is 11.6 Å². The third-order valence-electron chi connectivity index (χ3n) is 5.23. The third-order valence-corrected chi connectivity index (χ3v) is 7.65. The van der Waals surface area contributed by atoms with Gasteiger partial charge in [-0.3, -0.25) is 9.59 Å². The summed E-state index contributed by atoms with van der Waals surface area (Å²) < 4.78 is 33.3. The van der Waals surface area contributed by atoms with Crippen LogP contribution in [0.4, 0.5) is 9.59 Å². The van der Waals surface area contributed by atoms with E-state index in [1.807, 2.05) is 0 Å². The number of hydrogen-bond donors (Lipinski definition) is 4. The van der Waals surface area contributed by atoms with Crippen molar-refractivity contribution in [1.82, 2.24) is 41.5 Å². The zero-order chi connectivity index (χ0) is 35.8. The summed E-state index contributed by atoms with van der Waals surface area (Å²) >= 11 is 0. The SMILES string of the molecule is C=CCOC(=O)NCc1noc([C@](CSSC[C@@](NC=O)(OC(C)(C)C)c2nc(CNC(=O)OCC=C)no2)(NC=O)OC(C)(C)C)n1. The zero-order valence-electron chi connectivity index (χ0n) is 27.7. The van der Waals surface area contributed by atoms with Crippen molar-refractivity contribution < 1.29 is 47.2 Å². The van der Waals surface area contributed by atoms with Gasteiger partial charge in [-0.15, -0.1) is 0 Å². The first kappa shape index (κ1) is 40.0. The summed E-state index contributed by atoms with van der Waals surface area (Å²) in [5, 5.41) is 18.1. The Morgan fingerprint density at radius 3 is 1.42 bits per heavy atom. The predicted molar refractivity (Wildman–Crippen MR) is 174 cm³/mol. The lowest BCUT2D eigenvalue weighted by Crippen LogP contribution is -2.51. The molecule has 0 aliphatic heterocycles. The molecule has 0 aliphatic carbocycles. The molecule has 2 rings (SSSR count). The van der Waals surface area contributed by atoms with E-state index in [1.165, 1.54) is 33.7 Å². The number of amides is 4. The molecule has 20 heteroatoms. The van der Waals surface area contributed by atoms with Crippen molar-refractivity contribution in [2.75, 3.05) is 24.7 Å². The summed E-state index contributed by atoms with van der Waals surface area (Å²) in [4.78, 5) is 56.0. The van der Waals surface area contributed by atoms with Crippen LogP contribution in [0, 0.1) is 0 Å². The molecule has 18 nitrogen and oxygen atoms in total. The quantitative estimate of drug-likeness (QED) is 0.0479. The normalized spacial score (nSPS) is 14.0. The number of rotatable bonds is 21. The molecule has 4 amide bonds. The molecule has 0 saturated heterocycles. The number of nitrogens with zero attached hydrogens (tertiary/aromatic N) is 4. The number of aromatic nitrogens is 4. The van der Waals surface area contributed by atoms with E-state index in [2.05, 4.69) is 54.7 Å². The Hall–Kier alpha value is -4.14. The fourth-order valence-corrected chi connectivity index (χ4v) is 6.20. The summed E-state index contributed by atoms with van der Waals surface area (Å²) in [6, 6.07) is 0. The fraction of sp³-hybridized carbons (Fsp3) is 0.571. The molecule has 0 unspecified atom stereocenters. The van der Waals surface area contributed by atoms with Gasteiger partial charge in [-0.1, -0.05) is 57.2 Å². The Labute approximate surface area is 285 Å². The Bertz CT molecular complexity index is 1270. The largest absolute Gasteiger partial charge is 0.445 e. The van der Waals surface area contributed by atoms with Crippen molar-refractivity contribution in [2.45, 2.75) is 77.3 Å². The summed E-state index contributed by atoms with van der Waals surface area (Å²) in [7, 11) is 2.42. The van der Waals surface area contributed by atoms with Crippen molar-refractivity contribution in [3.63, 3.8) is 0 Å². The van der Waals surface area contributed by atoms with Crippen molar-refractivity contribution in [1.29, 1.82) is 0 Å². The molecule has 0 aliphatic rings. The topological polar surface area (TPSA) is 231 Å². The molecule has 0 fully saturated rings. The first-order valence-corrected chi connectivity index (χ1v) is 16.9. The van der Waals surface area contributed by atoms with Crippen LogP contribution in [0.5, 0.6) is 0 Å². The maximum absolute atomic E-state index is 11.9. The van der Waals surface area contributed by atoms with Crippen LogP contribution in [0.1, 0.15) is 65.0 Å². The van der Waals surface area contributed by atoms with E-state index in [9.17, 15) is 19.2 Å². The average Bonchev–Trinajstić information content (AvgIpc) is 3.68. The van der Waals surface area contributed by atoms with Crippen molar-refractivity contribution >= 4 is 46.6 Å². The number of alkyl carbamates (subject to hydrolysis) is 2. The lowest BCUT2D eigenvalue weighted by Gasteiger charge is -2.37. The molecule has 266 valence electrons. The summed E-state index contributed by atoms with van der Waals surface area (Å²) in [6.45, 7) is 17.4. The lowest BCUT2D eigenvalue weighted by molar-refractivity contribution is -0.162. The van der Waals surface area contributed by atoms with Gasteiger partial charge in [-0.25, -0.2) is 9.59 Å². The van der Waals surface area contributed by atoms with Crippen LogP contribution in [0.2, 0.25) is 0 Å². The number of carbonyl (C=O) groups excluding carboxylic acids is 4. The highest BCUT2D eigenvalue weighted by Gasteiger charge is 2.45. The second kappa shape index (κ2) is 18.4. The van der Waals surface area contributed by atoms with E-state index in [-0.39, 0.29) is 61.2 Å². The minimum atomic E-state index is -1.62. The molecule has 0 spiro atoms. The summed E-state index contributed by atoms with van der Waals surface area (Å²) in [5.74, 6) is 0.0496. The lowest BCUT2D eigenvalue weighted by atomic mass is 10.1. The molecule has 0 saturated carbocycles. The van der Waals surface area contributed by atoms with E-state index in [0.29, 0.717) is 12.8 Å². The van der Waals surface area contributed by atoms with Crippen LogP contribution in [0.15, 0.2) is 34.4 Å². The molecule has 0 aromatic carbocycles. The molecule has 4 N–H and O–H groups in total. The average molecular weight is 715 g/mol. The van der Waals surface area contributed by atoms with Gasteiger partial charge in [0, 0.05) is 0 Å². The van der Waals surface area contributed by atoms with Crippen LogP contribution in [0.25, 0.3) is 0 Å². The molecule has 2 heterocycles. The van der Waals surface area contributed by atoms with Gasteiger partial charge < -0.3 is 49.3 Å². The van der Waals surface area contributed by atoms with E-state index in [1.54, 1.807) is 41.5 Å². The highest BCUT2D eigenvalue weighted by molar-refractivity contribution is 8.76. The van der Waals surface area contributed by atoms with Crippen LogP contribution in [0.3, 0.4) is 0 Å². The minimum absolute atomic E-state index is 0.0165. The zero-order valence-corrected chi connectivity index (χ0v) is 29.3. The standard InChI is InChI=1S/C28H42N8O10S2/c1-9-11-41-23(39)29-13-19-33-21(43-35-19)27(31-17-37,45-25(3,4)5)15-47-48-16-28(32-18-38,46-26(6,7)8)22-34-20(36-44-22)14-30-24(40)42-12-10-2/h9-10,17-18H,1-2,11-16H2,3-8H3,(H,29,39)(H,30,40)(H,31,37)(H,32,38)/t27-,28-/m1/s1. The number of ether oxygens (including phenoxy) is 4. The first-order chi connectivity index (χ1) is 22.6. The van der Waals surface area contributed by atoms with Gasteiger partial charge >= 0.3 is 12.2 Å². The molecule has 2 atom stereocenters. The fourth-order valence-electron chi connectivity index (χ4n) is 3.67. The van der Waals surface area contributed by atoms with Gasteiger partial charge in [-0.2, -0.15) is 9.97 Å². The van der Waals surface area contributed by atoms with Gasteiger partial charge in [-0.05, 0) is 41.5 Å². The Balaban J connectivity index is 2.30. The molecule has 0 radical (unpaired) electrons. The second-order valence-corrected chi connectivity index (χ2v) is 14.1. The number of hydrogen-bond acceptors (Lipinski definition) is 16. The van der Waals surface area contributed by atoms with Crippen LogP contribution in [-0.4, -0.2) is 81.2 Å².